The number of hydrogen-bond acceptors (Lipinski definition) is 3. The van der Waals surface area contributed by atoms with Gasteiger partial charge in [-0.25, -0.2) is 0 Å². The van der Waals surface area contributed by atoms with E-state index in [0.717, 1.165) is 0 Å². The second kappa shape index (κ2) is 4.40. The number of carbonyl (C=O) groups is 2. The van der Waals surface area contributed by atoms with Crippen LogP contribution in [0, 0.1) is 0 Å². The Labute approximate surface area is 81.1 Å². The predicted octanol–water partition coefficient (Wildman–Crippen LogP) is -0.127. The fourth-order valence-corrected chi connectivity index (χ4v) is 0.937. The Balaban J connectivity index is 2.46. The molecule has 6 heteroatoms. The molecule has 1 rings (SSSR count). The fourth-order valence-electron chi connectivity index (χ4n) is 0.937. The molecule has 0 bridgehead atoms. The lowest BCUT2D eigenvalue weighted by atomic mass is 10.3. The van der Waals surface area contributed by atoms with Gasteiger partial charge in [0.25, 0.3) is 0 Å². The highest BCUT2D eigenvalue weighted by Crippen LogP contribution is 1.99. The first kappa shape index (κ1) is 10.2. The Hall–Kier alpha value is -1.85. The monoisotopic (exact) mass is 196 g/mol. The van der Waals surface area contributed by atoms with Crippen molar-refractivity contribution >= 4 is 17.6 Å². The number of nitrogens with one attached hydrogen (secondary N) is 3. The molecule has 1 atom stereocenters. The Morgan fingerprint density at radius 1 is 1.57 bits per heavy atom. The van der Waals surface area contributed by atoms with Crippen LogP contribution in [0.4, 0.5) is 5.82 Å². The second-order valence-corrected chi connectivity index (χ2v) is 2.88. The van der Waals surface area contributed by atoms with Crippen molar-refractivity contribution in [2.45, 2.75) is 19.9 Å². The highest BCUT2D eigenvalue weighted by atomic mass is 16.2. The van der Waals surface area contributed by atoms with E-state index in [1.165, 1.54) is 13.1 Å². The molecule has 1 aromatic rings. The molecule has 6 nitrogen and oxygen atoms in total. The predicted molar refractivity (Wildman–Crippen MR) is 50.5 cm³/mol. The summed E-state index contributed by atoms with van der Waals surface area (Å²) in [6.07, 6.45) is 1.53. The van der Waals surface area contributed by atoms with Crippen LogP contribution in [0.25, 0.3) is 0 Å². The Morgan fingerprint density at radius 3 is 2.79 bits per heavy atom. The number of amides is 2. The largest absolute Gasteiger partial charge is 0.345 e. The third-order valence-corrected chi connectivity index (χ3v) is 1.57. The Morgan fingerprint density at radius 2 is 2.29 bits per heavy atom. The van der Waals surface area contributed by atoms with E-state index >= 15 is 0 Å². The molecule has 0 spiro atoms. The number of aromatic amines is 1. The third kappa shape index (κ3) is 2.89. The number of aromatic nitrogens is 2. The van der Waals surface area contributed by atoms with E-state index in [0.29, 0.717) is 5.82 Å². The van der Waals surface area contributed by atoms with Crippen molar-refractivity contribution in [3.05, 3.63) is 12.3 Å². The number of anilines is 1. The SMILES string of the molecule is CC(=O)NC(C)C(=O)Nc1ccn[nH]1. The first-order chi connectivity index (χ1) is 6.59. The molecule has 0 aliphatic heterocycles. The second-order valence-electron chi connectivity index (χ2n) is 2.88. The van der Waals surface area contributed by atoms with Gasteiger partial charge in [0.2, 0.25) is 11.8 Å². The molecule has 0 aliphatic carbocycles. The molecular formula is C8H12N4O2. The minimum absolute atomic E-state index is 0.239. The van der Waals surface area contributed by atoms with E-state index in [4.69, 9.17) is 0 Å². The molecule has 0 aliphatic rings. The molecule has 0 aromatic carbocycles. The van der Waals surface area contributed by atoms with Crippen LogP contribution in [0.2, 0.25) is 0 Å². The number of hydrogen-bond donors (Lipinski definition) is 3. The summed E-state index contributed by atoms with van der Waals surface area (Å²) >= 11 is 0. The van der Waals surface area contributed by atoms with Gasteiger partial charge in [-0.1, -0.05) is 0 Å². The van der Waals surface area contributed by atoms with Crippen molar-refractivity contribution in [1.82, 2.24) is 15.5 Å². The van der Waals surface area contributed by atoms with Gasteiger partial charge in [-0.15, -0.1) is 0 Å². The summed E-state index contributed by atoms with van der Waals surface area (Å²) in [6.45, 7) is 2.97. The van der Waals surface area contributed by atoms with Gasteiger partial charge in [0.1, 0.15) is 11.9 Å². The molecular weight excluding hydrogens is 184 g/mol. The minimum Gasteiger partial charge on any atom is -0.345 e. The van der Waals surface area contributed by atoms with Crippen LogP contribution < -0.4 is 10.6 Å². The van der Waals surface area contributed by atoms with Crippen LogP contribution in [0.3, 0.4) is 0 Å². The highest BCUT2D eigenvalue weighted by Gasteiger charge is 2.13. The van der Waals surface area contributed by atoms with Crippen molar-refractivity contribution in [2.75, 3.05) is 5.32 Å². The maximum atomic E-state index is 11.4. The number of rotatable bonds is 3. The quantitative estimate of drug-likeness (QED) is 0.629. The van der Waals surface area contributed by atoms with Crippen molar-refractivity contribution in [1.29, 1.82) is 0 Å². The van der Waals surface area contributed by atoms with Crippen molar-refractivity contribution in [3.8, 4) is 0 Å². The van der Waals surface area contributed by atoms with E-state index in [2.05, 4.69) is 20.8 Å². The third-order valence-electron chi connectivity index (χ3n) is 1.57. The van der Waals surface area contributed by atoms with Gasteiger partial charge in [-0.3, -0.25) is 14.7 Å². The summed E-state index contributed by atoms with van der Waals surface area (Å²) < 4.78 is 0. The molecule has 3 N–H and O–H groups in total. The van der Waals surface area contributed by atoms with E-state index in [9.17, 15) is 9.59 Å². The lowest BCUT2D eigenvalue weighted by Crippen LogP contribution is -2.40. The van der Waals surface area contributed by atoms with E-state index < -0.39 is 6.04 Å². The van der Waals surface area contributed by atoms with Crippen LogP contribution in [0.1, 0.15) is 13.8 Å². The zero-order chi connectivity index (χ0) is 10.6. The van der Waals surface area contributed by atoms with Gasteiger partial charge in [0, 0.05) is 13.0 Å². The number of carbonyl (C=O) groups excluding carboxylic acids is 2. The van der Waals surface area contributed by atoms with Crippen LogP contribution >= 0.6 is 0 Å². The van der Waals surface area contributed by atoms with Gasteiger partial charge in [0.15, 0.2) is 0 Å². The van der Waals surface area contributed by atoms with Gasteiger partial charge in [-0.05, 0) is 6.92 Å². The Kier molecular flexibility index (Phi) is 3.22. The minimum atomic E-state index is -0.559. The average Bonchev–Trinajstić information content (AvgIpc) is 2.55. The number of H-pyrrole nitrogens is 1. The molecule has 0 saturated heterocycles. The standard InChI is InChI=1S/C8H12N4O2/c1-5(10-6(2)13)8(14)11-7-3-4-9-12-7/h3-5H,1-2H3,(H,10,13)(H2,9,11,12,14). The molecule has 0 radical (unpaired) electrons. The molecule has 76 valence electrons. The van der Waals surface area contributed by atoms with Crippen LogP contribution in [0.5, 0.6) is 0 Å². The lowest BCUT2D eigenvalue weighted by molar-refractivity contribution is -0.124. The molecule has 1 aromatic heterocycles. The molecule has 2 amide bonds. The maximum Gasteiger partial charge on any atom is 0.247 e. The first-order valence-electron chi connectivity index (χ1n) is 4.17. The summed E-state index contributed by atoms with van der Waals surface area (Å²) in [5, 5.41) is 11.3. The van der Waals surface area contributed by atoms with Gasteiger partial charge in [-0.2, -0.15) is 5.10 Å². The van der Waals surface area contributed by atoms with Gasteiger partial charge in [0.05, 0.1) is 6.20 Å². The molecule has 1 unspecified atom stereocenters. The lowest BCUT2D eigenvalue weighted by Gasteiger charge is -2.11. The van der Waals surface area contributed by atoms with Crippen LogP contribution in [-0.2, 0) is 9.59 Å². The zero-order valence-corrected chi connectivity index (χ0v) is 8.00. The average molecular weight is 196 g/mol. The van der Waals surface area contributed by atoms with Crippen molar-refractivity contribution in [2.24, 2.45) is 0 Å². The molecule has 0 fully saturated rings. The highest BCUT2D eigenvalue weighted by molar-refractivity contribution is 5.95. The smallest absolute Gasteiger partial charge is 0.247 e. The number of nitrogens with zero attached hydrogens (tertiary/aromatic N) is 1. The van der Waals surface area contributed by atoms with Crippen molar-refractivity contribution in [3.63, 3.8) is 0 Å². The maximum absolute atomic E-state index is 11.4. The van der Waals surface area contributed by atoms with E-state index in [-0.39, 0.29) is 11.8 Å². The normalized spacial score (nSPS) is 11.9. The fraction of sp³-hybridized carbons (Fsp3) is 0.375. The van der Waals surface area contributed by atoms with Crippen LogP contribution in [-0.4, -0.2) is 28.1 Å². The summed E-state index contributed by atoms with van der Waals surface area (Å²) in [5.74, 6) is -0.0195. The summed E-state index contributed by atoms with van der Waals surface area (Å²) in [4.78, 5) is 22.0. The first-order valence-corrected chi connectivity index (χ1v) is 4.17. The topological polar surface area (TPSA) is 86.9 Å². The molecule has 14 heavy (non-hydrogen) atoms. The Bertz CT molecular complexity index is 320. The van der Waals surface area contributed by atoms with Crippen LogP contribution in [0.15, 0.2) is 12.3 Å². The molecule has 0 saturated carbocycles. The zero-order valence-electron chi connectivity index (χ0n) is 8.00. The van der Waals surface area contributed by atoms with Gasteiger partial charge < -0.3 is 10.6 Å². The van der Waals surface area contributed by atoms with Gasteiger partial charge >= 0.3 is 0 Å². The summed E-state index contributed by atoms with van der Waals surface area (Å²) in [7, 11) is 0. The van der Waals surface area contributed by atoms with Crippen molar-refractivity contribution < 1.29 is 9.59 Å². The summed E-state index contributed by atoms with van der Waals surface area (Å²) in [6, 6.07) is 1.06. The summed E-state index contributed by atoms with van der Waals surface area (Å²) in [5.41, 5.74) is 0. The molecule has 1 heterocycles. The van der Waals surface area contributed by atoms with E-state index in [1.54, 1.807) is 13.0 Å². The van der Waals surface area contributed by atoms with E-state index in [1.807, 2.05) is 0 Å².